The van der Waals surface area contributed by atoms with Gasteiger partial charge in [-0.2, -0.15) is 0 Å². The normalized spacial score (nSPS) is 31.6. The van der Waals surface area contributed by atoms with Crippen LogP contribution in [0.4, 0.5) is 0 Å². The second kappa shape index (κ2) is 12.8. The molecule has 5 heterocycles. The molecule has 1 aromatic carbocycles. The molecule has 11 heteroatoms. The molecule has 2 fully saturated rings. The number of ether oxygens (including phenoxy) is 2. The van der Waals surface area contributed by atoms with Crippen molar-refractivity contribution in [2.45, 2.75) is 101 Å². The average molecular weight is 730 g/mol. The molecule has 2 aliphatic carbocycles. The molecule has 270 valence electrons. The second-order valence-corrected chi connectivity index (χ2v) is 18.1. The molecule has 2 spiro atoms. The molecule has 3 N–H and O–H groups in total. The van der Waals surface area contributed by atoms with Gasteiger partial charge in [0.05, 0.1) is 24.2 Å². The predicted molar refractivity (Wildman–Crippen MR) is 202 cm³/mol. The van der Waals surface area contributed by atoms with Crippen molar-refractivity contribution in [1.82, 2.24) is 10.2 Å². The summed E-state index contributed by atoms with van der Waals surface area (Å²) >= 11 is 0. The lowest BCUT2D eigenvalue weighted by atomic mass is 9.61. The van der Waals surface area contributed by atoms with E-state index in [1.54, 1.807) is 25.1 Å². The molecular formula is C40H47N3O6S2. The minimum Gasteiger partial charge on any atom is -0.481 e. The van der Waals surface area contributed by atoms with Crippen molar-refractivity contribution in [3.8, 4) is 5.75 Å². The molecule has 9 nitrogen and oxygen atoms in total. The van der Waals surface area contributed by atoms with Gasteiger partial charge in [-0.25, -0.2) is 9.59 Å². The van der Waals surface area contributed by atoms with Crippen LogP contribution in [-0.2, 0) is 20.7 Å². The zero-order valence-electron chi connectivity index (χ0n) is 29.8. The Labute approximate surface area is 306 Å². The Morgan fingerprint density at radius 1 is 1.22 bits per heavy atom. The van der Waals surface area contributed by atoms with Crippen LogP contribution in [0, 0.1) is 11.8 Å². The van der Waals surface area contributed by atoms with Crippen molar-refractivity contribution < 1.29 is 23.5 Å². The van der Waals surface area contributed by atoms with Crippen molar-refractivity contribution in [2.24, 2.45) is 17.6 Å². The summed E-state index contributed by atoms with van der Waals surface area (Å²) in [5, 5.41) is 4.12. The van der Waals surface area contributed by atoms with Gasteiger partial charge in [-0.1, -0.05) is 59.1 Å². The van der Waals surface area contributed by atoms with Crippen LogP contribution in [0.1, 0.15) is 78.2 Å². The number of esters is 1. The first-order valence-corrected chi connectivity index (χ1v) is 20.7. The van der Waals surface area contributed by atoms with Gasteiger partial charge < -0.3 is 29.8 Å². The molecule has 2 aromatic rings. The van der Waals surface area contributed by atoms with Crippen LogP contribution in [0.5, 0.6) is 5.75 Å². The number of amides is 1. The number of nitrogens with two attached hydrogens (primary N) is 1. The highest BCUT2D eigenvalue weighted by Crippen LogP contribution is 2.60. The molecule has 1 aromatic heterocycles. The van der Waals surface area contributed by atoms with Crippen molar-refractivity contribution in [3.63, 3.8) is 0 Å². The molecule has 1 saturated carbocycles. The zero-order valence-corrected chi connectivity index (χ0v) is 31.5. The standard InChI is InChI=1S/C40H47N3O6S2/c1-5-23(3)37(46)49-38(4)14-11-26-22-50-51-39(12-7-8-13-39)36-24(6-2)21-43(36)33(44)16-28-20-42-32(41)17-29(28)35(26)40(38)19-27-15-25-9-10-34(45)47-30(25)18-31(27)48-40/h5,9-11,15,17-18,24,35-36,42H,6-8,12-14,16,19-22,41H2,1-4H3. The summed E-state index contributed by atoms with van der Waals surface area (Å²) < 4.78 is 19.5. The number of dihydropyridines is 1. The van der Waals surface area contributed by atoms with Gasteiger partial charge >= 0.3 is 11.6 Å². The Balaban J connectivity index is 1.31. The summed E-state index contributed by atoms with van der Waals surface area (Å²) in [4.78, 5) is 42.5. The minimum atomic E-state index is -1.11. The Kier molecular flexibility index (Phi) is 8.68. The van der Waals surface area contributed by atoms with E-state index in [0.717, 1.165) is 53.7 Å². The average Bonchev–Trinajstić information content (AvgIpc) is 3.71. The van der Waals surface area contributed by atoms with E-state index in [9.17, 15) is 14.4 Å². The van der Waals surface area contributed by atoms with Crippen LogP contribution < -0.4 is 21.4 Å². The maximum Gasteiger partial charge on any atom is 0.336 e. The van der Waals surface area contributed by atoms with E-state index in [-0.39, 0.29) is 29.0 Å². The number of carbonyl (C=O) groups excluding carboxylic acids is 2. The molecular weight excluding hydrogens is 683 g/mol. The minimum absolute atomic E-state index is 0.0331. The zero-order chi connectivity index (χ0) is 35.7. The summed E-state index contributed by atoms with van der Waals surface area (Å²) in [6.07, 6.45) is 12.9. The van der Waals surface area contributed by atoms with Crippen LogP contribution in [0.2, 0.25) is 0 Å². The lowest BCUT2D eigenvalue weighted by molar-refractivity contribution is -0.186. The van der Waals surface area contributed by atoms with Crippen molar-refractivity contribution >= 4 is 44.4 Å². The van der Waals surface area contributed by atoms with Crippen LogP contribution in [0.3, 0.4) is 0 Å². The van der Waals surface area contributed by atoms with Crippen LogP contribution in [0.25, 0.3) is 11.0 Å². The fourth-order valence-corrected chi connectivity index (χ4v) is 13.3. The van der Waals surface area contributed by atoms with Crippen LogP contribution >= 0.6 is 21.6 Å². The Morgan fingerprint density at radius 3 is 2.78 bits per heavy atom. The molecule has 0 radical (unpaired) electrons. The quantitative estimate of drug-likeness (QED) is 0.116. The van der Waals surface area contributed by atoms with Gasteiger partial charge in [-0.15, -0.1) is 0 Å². The highest BCUT2D eigenvalue weighted by Gasteiger charge is 2.64. The van der Waals surface area contributed by atoms with E-state index in [2.05, 4.69) is 23.2 Å². The van der Waals surface area contributed by atoms with Gasteiger partial charge in [0.1, 0.15) is 11.3 Å². The number of hydrogen-bond acceptors (Lipinski definition) is 10. The Morgan fingerprint density at radius 2 is 2.02 bits per heavy atom. The molecule has 1 saturated heterocycles. The van der Waals surface area contributed by atoms with E-state index in [1.165, 1.54) is 24.5 Å². The summed E-state index contributed by atoms with van der Waals surface area (Å²) in [5.41, 5.74) is 8.95. The molecule has 51 heavy (non-hydrogen) atoms. The number of rotatable bonds is 3. The first-order valence-electron chi connectivity index (χ1n) is 18.3. The molecule has 1 amide bonds. The number of fused-ring (bicyclic) bond motifs is 7. The number of nitrogens with zero attached hydrogens (tertiary/aromatic N) is 1. The highest BCUT2D eigenvalue weighted by atomic mass is 33.1. The summed E-state index contributed by atoms with van der Waals surface area (Å²) in [7, 11) is 3.89. The van der Waals surface area contributed by atoms with Crippen LogP contribution in [0.15, 0.2) is 79.8 Å². The summed E-state index contributed by atoms with van der Waals surface area (Å²) in [6.45, 7) is 9.08. The number of allylic oxidation sites excluding steroid dienone is 2. The Hall–Kier alpha value is -3.57. The first kappa shape index (κ1) is 34.5. The van der Waals surface area contributed by atoms with E-state index >= 15 is 0 Å². The van der Waals surface area contributed by atoms with Crippen molar-refractivity contribution in [2.75, 3.05) is 18.8 Å². The van der Waals surface area contributed by atoms with E-state index in [1.807, 2.05) is 47.6 Å². The van der Waals surface area contributed by atoms with Gasteiger partial charge in [0.25, 0.3) is 0 Å². The van der Waals surface area contributed by atoms with Gasteiger partial charge in [0.2, 0.25) is 5.91 Å². The smallest absolute Gasteiger partial charge is 0.336 e. The lowest BCUT2D eigenvalue weighted by Crippen LogP contribution is -2.67. The molecule has 6 aliphatic rings. The predicted octanol–water partition coefficient (Wildman–Crippen LogP) is 6.72. The monoisotopic (exact) mass is 729 g/mol. The lowest BCUT2D eigenvalue weighted by Gasteiger charge is -2.56. The number of carbonyl (C=O) groups is 2. The first-order chi connectivity index (χ1) is 24.5. The third-order valence-electron chi connectivity index (χ3n) is 12.5. The molecule has 4 aliphatic heterocycles. The fraction of sp³-hybridized carbons (Fsp3) is 0.525. The largest absolute Gasteiger partial charge is 0.481 e. The van der Waals surface area contributed by atoms with E-state index in [4.69, 9.17) is 19.6 Å². The van der Waals surface area contributed by atoms with Gasteiger partial charge in [-0.05, 0) is 80.9 Å². The highest BCUT2D eigenvalue weighted by molar-refractivity contribution is 8.77. The molecule has 0 bridgehead atoms. The van der Waals surface area contributed by atoms with E-state index in [0.29, 0.717) is 48.0 Å². The summed E-state index contributed by atoms with van der Waals surface area (Å²) in [5.74, 6) is 1.77. The second-order valence-electron chi connectivity index (χ2n) is 15.4. The molecule has 5 unspecified atom stereocenters. The van der Waals surface area contributed by atoms with E-state index < -0.39 is 22.8 Å². The number of nitrogens with one attached hydrogen (secondary N) is 1. The molecule has 5 atom stereocenters. The maximum atomic E-state index is 14.5. The topological polar surface area (TPSA) is 124 Å². The summed E-state index contributed by atoms with van der Waals surface area (Å²) in [6, 6.07) is 7.25. The van der Waals surface area contributed by atoms with Crippen LogP contribution in [-0.4, -0.2) is 57.6 Å². The van der Waals surface area contributed by atoms with Gasteiger partial charge in [0, 0.05) is 59.5 Å². The number of hydrogen-bond donors (Lipinski definition) is 2. The van der Waals surface area contributed by atoms with Gasteiger partial charge in [0.15, 0.2) is 11.2 Å². The maximum absolute atomic E-state index is 14.5. The third-order valence-corrected chi connectivity index (χ3v) is 15.8. The van der Waals surface area contributed by atoms with Gasteiger partial charge in [-0.3, -0.25) is 4.79 Å². The molecule has 8 rings (SSSR count). The number of benzene rings is 1. The van der Waals surface area contributed by atoms with Crippen molar-refractivity contribution in [1.29, 1.82) is 0 Å². The Bertz CT molecular complexity index is 1990. The SMILES string of the molecule is CC=C(C)C(=O)OC1(C)CC=C2CSSC3(CCCC3)C3C(CC)CN3C(=O)CC3=C(C=C(N)NC3)C2C12Cc1cc3ccc(=O)oc3cc1O2. The fourth-order valence-electron chi connectivity index (χ4n) is 9.58. The van der Waals surface area contributed by atoms with Crippen molar-refractivity contribution in [3.05, 3.63) is 86.6 Å². The third kappa shape index (κ3) is 5.56.